The van der Waals surface area contributed by atoms with E-state index < -0.39 is 0 Å². The van der Waals surface area contributed by atoms with Crippen molar-refractivity contribution in [3.8, 4) is 10.6 Å². The Morgan fingerprint density at radius 1 is 1.00 bits per heavy atom. The first-order valence-corrected chi connectivity index (χ1v) is 12.0. The van der Waals surface area contributed by atoms with E-state index in [-0.39, 0.29) is 23.9 Å². The van der Waals surface area contributed by atoms with Gasteiger partial charge < -0.3 is 15.6 Å². The molecule has 0 spiro atoms. The minimum atomic E-state index is -0.228. The molecule has 0 radical (unpaired) electrons. The molecule has 3 aromatic heterocycles. The Hall–Kier alpha value is -3.23. The molecule has 1 saturated carbocycles. The van der Waals surface area contributed by atoms with Crippen molar-refractivity contribution < 1.29 is 9.59 Å². The number of amides is 2. The summed E-state index contributed by atoms with van der Waals surface area (Å²) in [6.45, 7) is 0. The second-order valence-corrected chi connectivity index (χ2v) is 9.57. The molecule has 0 unspecified atom stereocenters. The molecule has 33 heavy (non-hydrogen) atoms. The lowest BCUT2D eigenvalue weighted by Crippen LogP contribution is -2.53. The van der Waals surface area contributed by atoms with E-state index in [1.165, 1.54) is 11.3 Å². The highest BCUT2D eigenvalue weighted by Gasteiger charge is 2.29. The summed E-state index contributed by atoms with van der Waals surface area (Å²) >= 11 is 7.36. The van der Waals surface area contributed by atoms with E-state index in [1.54, 1.807) is 24.5 Å². The Morgan fingerprint density at radius 2 is 1.79 bits per heavy atom. The molecule has 9 heteroatoms. The summed E-state index contributed by atoms with van der Waals surface area (Å²) in [4.78, 5) is 38.4. The van der Waals surface area contributed by atoms with Gasteiger partial charge in [-0.1, -0.05) is 30.5 Å². The molecule has 7 nitrogen and oxygen atoms in total. The van der Waals surface area contributed by atoms with Gasteiger partial charge in [0.15, 0.2) is 5.01 Å². The lowest BCUT2D eigenvalue weighted by molar-refractivity contribution is 0.0860. The number of rotatable bonds is 5. The van der Waals surface area contributed by atoms with E-state index >= 15 is 0 Å². The van der Waals surface area contributed by atoms with Crippen molar-refractivity contribution in [3.63, 3.8) is 0 Å². The maximum Gasteiger partial charge on any atom is 0.280 e. The summed E-state index contributed by atoms with van der Waals surface area (Å²) in [5.41, 5.74) is 2.12. The van der Waals surface area contributed by atoms with Crippen molar-refractivity contribution in [1.29, 1.82) is 0 Å². The van der Waals surface area contributed by atoms with E-state index in [9.17, 15) is 9.59 Å². The van der Waals surface area contributed by atoms with Gasteiger partial charge in [-0.2, -0.15) is 0 Å². The van der Waals surface area contributed by atoms with E-state index in [0.717, 1.165) is 47.2 Å². The number of carbonyl (C=O) groups is 2. The molecule has 4 aromatic rings. The third-order valence-corrected chi connectivity index (χ3v) is 7.10. The summed E-state index contributed by atoms with van der Waals surface area (Å²) in [6, 6.07) is 12.6. The highest BCUT2D eigenvalue weighted by molar-refractivity contribution is 7.16. The molecule has 3 heterocycles. The largest absolute Gasteiger partial charge is 0.351 e. The third-order valence-electron chi connectivity index (χ3n) is 5.84. The molecular weight excluding hydrogens is 458 g/mol. The van der Waals surface area contributed by atoms with Crippen LogP contribution in [0.4, 0.5) is 0 Å². The van der Waals surface area contributed by atoms with Crippen LogP contribution in [0.5, 0.6) is 0 Å². The van der Waals surface area contributed by atoms with Crippen LogP contribution < -0.4 is 10.6 Å². The number of nitrogens with one attached hydrogen (secondary N) is 3. The van der Waals surface area contributed by atoms with Crippen molar-refractivity contribution >= 4 is 45.7 Å². The minimum Gasteiger partial charge on any atom is -0.351 e. The van der Waals surface area contributed by atoms with Crippen LogP contribution in [-0.4, -0.2) is 38.8 Å². The zero-order valence-corrected chi connectivity index (χ0v) is 19.2. The molecule has 0 aliphatic heterocycles. The molecule has 1 aliphatic rings. The van der Waals surface area contributed by atoms with Gasteiger partial charge in [-0.05, 0) is 49.2 Å². The molecule has 2 atom stereocenters. The Morgan fingerprint density at radius 3 is 2.55 bits per heavy atom. The monoisotopic (exact) mass is 479 g/mol. The number of nitrogens with zero attached hydrogens (tertiary/aromatic N) is 2. The summed E-state index contributed by atoms with van der Waals surface area (Å²) in [5.74, 6) is -0.422. The van der Waals surface area contributed by atoms with Gasteiger partial charge >= 0.3 is 0 Å². The number of aromatic nitrogens is 3. The minimum absolute atomic E-state index is 0.152. The number of halogens is 1. The van der Waals surface area contributed by atoms with Crippen LogP contribution in [0.2, 0.25) is 5.02 Å². The zero-order chi connectivity index (χ0) is 22.8. The lowest BCUT2D eigenvalue weighted by atomic mass is 9.90. The van der Waals surface area contributed by atoms with Crippen molar-refractivity contribution in [2.45, 2.75) is 37.8 Å². The number of carbonyl (C=O) groups excluding carboxylic acids is 2. The molecule has 0 bridgehead atoms. The van der Waals surface area contributed by atoms with Crippen LogP contribution in [0.1, 0.15) is 46.0 Å². The normalized spacial score (nSPS) is 18.2. The van der Waals surface area contributed by atoms with E-state index in [2.05, 4.69) is 25.6 Å². The van der Waals surface area contributed by atoms with Crippen LogP contribution in [0, 0.1) is 0 Å². The Balaban J connectivity index is 1.27. The number of hydrogen-bond donors (Lipinski definition) is 3. The first-order chi connectivity index (χ1) is 16.1. The predicted octanol–water partition coefficient (Wildman–Crippen LogP) is 4.81. The van der Waals surface area contributed by atoms with Gasteiger partial charge in [-0.3, -0.25) is 14.6 Å². The first kappa shape index (κ1) is 21.6. The highest BCUT2D eigenvalue weighted by atomic mass is 35.5. The second-order valence-electron chi connectivity index (χ2n) is 8.10. The molecule has 0 saturated heterocycles. The van der Waals surface area contributed by atoms with Gasteiger partial charge in [0.05, 0.1) is 10.6 Å². The summed E-state index contributed by atoms with van der Waals surface area (Å²) in [5, 5.41) is 8.08. The predicted molar refractivity (Wildman–Crippen MR) is 130 cm³/mol. The maximum atomic E-state index is 12.9. The highest BCUT2D eigenvalue weighted by Crippen LogP contribution is 2.25. The molecule has 1 aromatic carbocycles. The summed E-state index contributed by atoms with van der Waals surface area (Å²) < 4.78 is 0. The van der Waals surface area contributed by atoms with Crippen molar-refractivity contribution in [2.75, 3.05) is 0 Å². The Bertz CT molecular complexity index is 1300. The van der Waals surface area contributed by atoms with Gasteiger partial charge in [0.25, 0.3) is 11.8 Å². The number of thiazole rings is 1. The molecule has 1 aliphatic carbocycles. The third kappa shape index (κ3) is 4.77. The van der Waals surface area contributed by atoms with E-state index in [4.69, 9.17) is 11.6 Å². The van der Waals surface area contributed by atoms with E-state index in [1.807, 2.05) is 30.3 Å². The average Bonchev–Trinajstić information content (AvgIpc) is 3.48. The van der Waals surface area contributed by atoms with Crippen molar-refractivity contribution in [1.82, 2.24) is 25.6 Å². The van der Waals surface area contributed by atoms with Crippen LogP contribution in [0.15, 0.2) is 54.9 Å². The average molecular weight is 480 g/mol. The fourth-order valence-corrected chi connectivity index (χ4v) is 5.16. The van der Waals surface area contributed by atoms with Gasteiger partial charge in [0.2, 0.25) is 0 Å². The Labute approximate surface area is 199 Å². The first-order valence-electron chi connectivity index (χ1n) is 10.8. The van der Waals surface area contributed by atoms with Gasteiger partial charge in [-0.15, -0.1) is 11.3 Å². The molecule has 168 valence electrons. The topological polar surface area (TPSA) is 99.8 Å². The molecule has 5 rings (SSSR count). The standard InChI is InChI=1S/C24H22ClN5O2S/c25-15-8-9-16-14(11-15)12-20(28-16)22(31)29-17-5-1-2-6-18(17)30-23(32)24-27-13-21(33-24)19-7-3-4-10-26-19/h3-4,7-13,17-18,28H,1-2,5-6H2,(H,29,31)(H,30,32)/t17-,18-/m1/s1. The van der Waals surface area contributed by atoms with Crippen LogP contribution in [0.25, 0.3) is 21.5 Å². The van der Waals surface area contributed by atoms with Crippen molar-refractivity contribution in [2.24, 2.45) is 0 Å². The van der Waals surface area contributed by atoms with Gasteiger partial charge in [-0.25, -0.2) is 4.98 Å². The number of hydrogen-bond acceptors (Lipinski definition) is 5. The SMILES string of the molecule is O=C(N[C@@H]1CCCC[C@H]1NC(=O)c1ncc(-c2ccccn2)s1)c1cc2cc(Cl)ccc2[nH]1. The van der Waals surface area contributed by atoms with Gasteiger partial charge in [0, 0.05) is 40.4 Å². The number of pyridine rings is 1. The smallest absolute Gasteiger partial charge is 0.280 e. The van der Waals surface area contributed by atoms with Crippen LogP contribution in [-0.2, 0) is 0 Å². The zero-order valence-electron chi connectivity index (χ0n) is 17.7. The van der Waals surface area contributed by atoms with Gasteiger partial charge in [0.1, 0.15) is 5.69 Å². The molecule has 2 amide bonds. The quantitative estimate of drug-likeness (QED) is 0.382. The number of H-pyrrole nitrogens is 1. The Kier molecular flexibility index (Phi) is 6.11. The van der Waals surface area contributed by atoms with E-state index in [0.29, 0.717) is 15.7 Å². The molecule has 1 fully saturated rings. The van der Waals surface area contributed by atoms with Crippen molar-refractivity contribution in [3.05, 3.63) is 70.6 Å². The number of fused-ring (bicyclic) bond motifs is 1. The van der Waals surface area contributed by atoms with Crippen LogP contribution in [0.3, 0.4) is 0 Å². The summed E-state index contributed by atoms with van der Waals surface area (Å²) in [7, 11) is 0. The number of benzene rings is 1. The fourth-order valence-electron chi connectivity index (χ4n) is 4.18. The molecular formula is C24H22ClN5O2S. The fraction of sp³-hybridized carbons (Fsp3) is 0.250. The van der Waals surface area contributed by atoms with Crippen LogP contribution >= 0.6 is 22.9 Å². The summed E-state index contributed by atoms with van der Waals surface area (Å²) in [6.07, 6.45) is 6.99. The molecule has 3 N–H and O–H groups in total. The lowest BCUT2D eigenvalue weighted by Gasteiger charge is -2.32. The second kappa shape index (κ2) is 9.33. The maximum absolute atomic E-state index is 12.9. The number of aromatic amines is 1.